The van der Waals surface area contributed by atoms with E-state index in [9.17, 15) is 5.11 Å². The zero-order chi connectivity index (χ0) is 12.5. The normalized spacial score (nSPS) is 14.5. The first-order chi connectivity index (χ1) is 8.74. The number of hydrogen-bond donors (Lipinski definition) is 1. The van der Waals surface area contributed by atoms with Crippen LogP contribution in [0.1, 0.15) is 24.0 Å². The number of phenolic OH excluding ortho intramolecular Hbond substituents is 1. The van der Waals surface area contributed by atoms with E-state index in [1.807, 2.05) is 30.3 Å². The van der Waals surface area contributed by atoms with Gasteiger partial charge >= 0.3 is 0 Å². The molecule has 3 nitrogen and oxygen atoms in total. The van der Waals surface area contributed by atoms with Gasteiger partial charge in [0, 0.05) is 5.92 Å². The van der Waals surface area contributed by atoms with Gasteiger partial charge in [0.15, 0.2) is 11.5 Å². The summed E-state index contributed by atoms with van der Waals surface area (Å²) in [4.78, 5) is 0. The second-order valence-corrected chi connectivity index (χ2v) is 4.43. The van der Waals surface area contributed by atoms with Gasteiger partial charge in [0.2, 0.25) is 6.79 Å². The fraction of sp³-hybridized carbons (Fsp3) is 0.200. The largest absolute Gasteiger partial charge is 0.508 e. The Bertz CT molecular complexity index is 560. The van der Waals surface area contributed by atoms with Crippen molar-refractivity contribution in [3.8, 4) is 17.2 Å². The van der Waals surface area contributed by atoms with Gasteiger partial charge in [-0.25, -0.2) is 0 Å². The first-order valence-corrected chi connectivity index (χ1v) is 5.92. The Labute approximate surface area is 106 Å². The van der Waals surface area contributed by atoms with E-state index in [1.165, 1.54) is 5.56 Å². The summed E-state index contributed by atoms with van der Waals surface area (Å²) in [6.45, 7) is 2.43. The number of hydrogen-bond acceptors (Lipinski definition) is 3. The molecule has 0 saturated heterocycles. The second-order valence-electron chi connectivity index (χ2n) is 4.43. The Morgan fingerprint density at radius 3 is 2.39 bits per heavy atom. The van der Waals surface area contributed by atoms with Crippen molar-refractivity contribution >= 4 is 0 Å². The molecule has 2 aromatic rings. The van der Waals surface area contributed by atoms with Crippen molar-refractivity contribution in [1.29, 1.82) is 0 Å². The molecule has 0 amide bonds. The van der Waals surface area contributed by atoms with Crippen LogP contribution >= 0.6 is 0 Å². The van der Waals surface area contributed by atoms with E-state index in [-0.39, 0.29) is 11.7 Å². The predicted molar refractivity (Wildman–Crippen MR) is 68.2 cm³/mol. The first kappa shape index (κ1) is 11.0. The van der Waals surface area contributed by atoms with Crippen LogP contribution in [-0.4, -0.2) is 11.9 Å². The molecular formula is C15H14O3. The molecule has 1 heterocycles. The number of aromatic hydroxyl groups is 1. The minimum absolute atomic E-state index is 0.250. The van der Waals surface area contributed by atoms with Crippen molar-refractivity contribution in [2.24, 2.45) is 0 Å². The molecule has 0 aliphatic carbocycles. The molecule has 2 aromatic carbocycles. The zero-order valence-corrected chi connectivity index (χ0v) is 10.1. The molecule has 1 N–H and O–H groups in total. The van der Waals surface area contributed by atoms with E-state index in [4.69, 9.17) is 9.47 Å². The molecule has 3 heteroatoms. The van der Waals surface area contributed by atoms with E-state index in [2.05, 4.69) is 6.92 Å². The van der Waals surface area contributed by atoms with Gasteiger partial charge in [0.1, 0.15) is 5.75 Å². The van der Waals surface area contributed by atoms with Gasteiger partial charge < -0.3 is 14.6 Å². The van der Waals surface area contributed by atoms with Crippen molar-refractivity contribution in [2.45, 2.75) is 12.8 Å². The van der Waals surface area contributed by atoms with Gasteiger partial charge in [-0.3, -0.25) is 0 Å². The van der Waals surface area contributed by atoms with Gasteiger partial charge in [0.25, 0.3) is 0 Å². The van der Waals surface area contributed by atoms with Gasteiger partial charge in [0.05, 0.1) is 0 Å². The molecule has 1 atom stereocenters. The minimum Gasteiger partial charge on any atom is -0.508 e. The zero-order valence-electron chi connectivity index (χ0n) is 10.1. The van der Waals surface area contributed by atoms with E-state index < -0.39 is 0 Å². The molecule has 0 radical (unpaired) electrons. The van der Waals surface area contributed by atoms with Crippen LogP contribution in [-0.2, 0) is 0 Å². The number of rotatable bonds is 2. The summed E-state index contributed by atoms with van der Waals surface area (Å²) in [5, 5.41) is 9.30. The monoisotopic (exact) mass is 242 g/mol. The Hall–Kier alpha value is -2.16. The highest BCUT2D eigenvalue weighted by Crippen LogP contribution is 2.36. The lowest BCUT2D eigenvalue weighted by Gasteiger charge is -2.13. The van der Waals surface area contributed by atoms with Crippen LogP contribution in [0.2, 0.25) is 0 Å². The number of fused-ring (bicyclic) bond motifs is 1. The fourth-order valence-corrected chi connectivity index (χ4v) is 2.14. The summed E-state index contributed by atoms with van der Waals surface area (Å²) in [5.41, 5.74) is 2.33. The average Bonchev–Trinajstić information content (AvgIpc) is 2.86. The topological polar surface area (TPSA) is 38.7 Å². The summed E-state index contributed by atoms with van der Waals surface area (Å²) in [6.07, 6.45) is 0. The molecule has 0 fully saturated rings. The van der Waals surface area contributed by atoms with Gasteiger partial charge in [-0.2, -0.15) is 0 Å². The lowest BCUT2D eigenvalue weighted by Crippen LogP contribution is -1.95. The molecule has 92 valence electrons. The SMILES string of the molecule is CC(c1ccc(O)cc1)c1ccc2c(c1)OCO2. The predicted octanol–water partition coefficient (Wildman–Crippen LogP) is 3.27. The van der Waals surface area contributed by atoms with Gasteiger partial charge in [-0.1, -0.05) is 25.1 Å². The molecule has 0 spiro atoms. The molecule has 0 saturated carbocycles. The van der Waals surface area contributed by atoms with E-state index in [0.717, 1.165) is 17.1 Å². The quantitative estimate of drug-likeness (QED) is 0.878. The van der Waals surface area contributed by atoms with Crippen LogP contribution in [0.4, 0.5) is 0 Å². The molecular weight excluding hydrogens is 228 g/mol. The molecule has 0 aromatic heterocycles. The van der Waals surface area contributed by atoms with E-state index in [0.29, 0.717) is 6.79 Å². The van der Waals surface area contributed by atoms with Crippen molar-refractivity contribution in [1.82, 2.24) is 0 Å². The summed E-state index contributed by atoms with van der Waals surface area (Å²) in [5.74, 6) is 2.14. The maximum Gasteiger partial charge on any atom is 0.231 e. The minimum atomic E-state index is 0.250. The Kier molecular flexibility index (Phi) is 2.59. The van der Waals surface area contributed by atoms with Crippen LogP contribution in [0.25, 0.3) is 0 Å². The van der Waals surface area contributed by atoms with Crippen molar-refractivity contribution < 1.29 is 14.6 Å². The average molecular weight is 242 g/mol. The third-order valence-corrected chi connectivity index (χ3v) is 3.29. The molecule has 18 heavy (non-hydrogen) atoms. The molecule has 3 rings (SSSR count). The van der Waals surface area contributed by atoms with Gasteiger partial charge in [-0.05, 0) is 35.4 Å². The lowest BCUT2D eigenvalue weighted by atomic mass is 9.93. The summed E-state index contributed by atoms with van der Waals surface area (Å²) in [7, 11) is 0. The Morgan fingerprint density at radius 2 is 1.61 bits per heavy atom. The smallest absolute Gasteiger partial charge is 0.231 e. The Morgan fingerprint density at radius 1 is 0.944 bits per heavy atom. The molecule has 1 aliphatic rings. The van der Waals surface area contributed by atoms with Crippen LogP contribution in [0.3, 0.4) is 0 Å². The maximum absolute atomic E-state index is 9.30. The van der Waals surface area contributed by atoms with Crippen LogP contribution in [0.5, 0.6) is 17.2 Å². The highest BCUT2D eigenvalue weighted by atomic mass is 16.7. The lowest BCUT2D eigenvalue weighted by molar-refractivity contribution is 0.174. The number of phenols is 1. The highest BCUT2D eigenvalue weighted by molar-refractivity contribution is 5.47. The summed E-state index contributed by atoms with van der Waals surface area (Å²) in [6, 6.07) is 13.3. The molecule has 1 unspecified atom stereocenters. The summed E-state index contributed by atoms with van der Waals surface area (Å²) >= 11 is 0. The third kappa shape index (κ3) is 1.88. The molecule has 1 aliphatic heterocycles. The van der Waals surface area contributed by atoms with Crippen LogP contribution in [0, 0.1) is 0 Å². The molecule has 0 bridgehead atoms. The van der Waals surface area contributed by atoms with Crippen molar-refractivity contribution in [2.75, 3.05) is 6.79 Å². The third-order valence-electron chi connectivity index (χ3n) is 3.29. The highest BCUT2D eigenvalue weighted by Gasteiger charge is 2.16. The standard InChI is InChI=1S/C15H14O3/c1-10(11-2-5-13(16)6-3-11)12-4-7-14-15(8-12)18-9-17-14/h2-8,10,16H,9H2,1H3. The second kappa shape index (κ2) is 4.26. The van der Waals surface area contributed by atoms with Gasteiger partial charge in [-0.15, -0.1) is 0 Å². The van der Waals surface area contributed by atoms with Crippen molar-refractivity contribution in [3.05, 3.63) is 53.6 Å². The van der Waals surface area contributed by atoms with Crippen LogP contribution in [0.15, 0.2) is 42.5 Å². The van der Waals surface area contributed by atoms with E-state index in [1.54, 1.807) is 12.1 Å². The fourth-order valence-electron chi connectivity index (χ4n) is 2.14. The first-order valence-electron chi connectivity index (χ1n) is 5.92. The number of ether oxygens (including phenoxy) is 2. The maximum atomic E-state index is 9.30. The Balaban J connectivity index is 1.92. The van der Waals surface area contributed by atoms with E-state index >= 15 is 0 Å². The van der Waals surface area contributed by atoms with Crippen LogP contribution < -0.4 is 9.47 Å². The number of benzene rings is 2. The summed E-state index contributed by atoms with van der Waals surface area (Å²) < 4.78 is 10.7. The van der Waals surface area contributed by atoms with Crippen molar-refractivity contribution in [3.63, 3.8) is 0 Å².